The van der Waals surface area contributed by atoms with E-state index in [1.165, 1.54) is 24.0 Å². The maximum absolute atomic E-state index is 5.92. The van der Waals surface area contributed by atoms with Crippen molar-refractivity contribution in [1.29, 1.82) is 0 Å². The molecule has 0 saturated heterocycles. The van der Waals surface area contributed by atoms with E-state index in [0.717, 1.165) is 18.8 Å². The summed E-state index contributed by atoms with van der Waals surface area (Å²) in [5.41, 5.74) is 2.94. The van der Waals surface area contributed by atoms with E-state index in [0.29, 0.717) is 0 Å². The molecule has 1 saturated carbocycles. The summed E-state index contributed by atoms with van der Waals surface area (Å²) < 4.78 is 0. The topological polar surface area (TPSA) is 0 Å². The van der Waals surface area contributed by atoms with Crippen LogP contribution >= 0.6 is 11.6 Å². The maximum Gasteiger partial charge on any atom is 0.0311 e. The molecule has 0 heterocycles. The summed E-state index contributed by atoms with van der Waals surface area (Å²) >= 11 is 5.92. The average molecular weight is 209 g/mol. The molecule has 1 heteroatoms. The largest absolute Gasteiger partial charge is 0.123 e. The van der Waals surface area contributed by atoms with Crippen molar-refractivity contribution in [3.8, 4) is 0 Å². The van der Waals surface area contributed by atoms with E-state index >= 15 is 0 Å². The molecule has 0 radical (unpaired) electrons. The Bertz CT molecular complexity index is 283. The third kappa shape index (κ3) is 2.75. The van der Waals surface area contributed by atoms with Gasteiger partial charge in [0.15, 0.2) is 0 Å². The highest BCUT2D eigenvalue weighted by Crippen LogP contribution is 2.39. The van der Waals surface area contributed by atoms with Crippen LogP contribution in [0.3, 0.4) is 0 Å². The molecule has 1 aromatic rings. The Morgan fingerprint density at radius 3 is 2.43 bits per heavy atom. The Hall–Kier alpha value is -0.490. The third-order valence-corrected chi connectivity index (χ3v) is 3.08. The fraction of sp³-hybridized carbons (Fsp3) is 0.538. The van der Waals surface area contributed by atoms with Gasteiger partial charge < -0.3 is 0 Å². The summed E-state index contributed by atoms with van der Waals surface area (Å²) in [7, 11) is 0. The van der Waals surface area contributed by atoms with Crippen LogP contribution in [0.4, 0.5) is 0 Å². The number of benzene rings is 1. The van der Waals surface area contributed by atoms with E-state index in [1.807, 2.05) is 0 Å². The fourth-order valence-corrected chi connectivity index (χ4v) is 1.85. The van der Waals surface area contributed by atoms with E-state index in [4.69, 9.17) is 11.6 Å². The van der Waals surface area contributed by atoms with Crippen molar-refractivity contribution in [2.75, 3.05) is 0 Å². The van der Waals surface area contributed by atoms with Crippen molar-refractivity contribution in [3.63, 3.8) is 0 Å². The van der Waals surface area contributed by atoms with Gasteiger partial charge in [0, 0.05) is 5.38 Å². The van der Waals surface area contributed by atoms with Crippen LogP contribution in [0.1, 0.15) is 43.2 Å². The van der Waals surface area contributed by atoms with Crippen LogP contribution in [0.5, 0.6) is 0 Å². The monoisotopic (exact) mass is 208 g/mol. The lowest BCUT2D eigenvalue weighted by Crippen LogP contribution is -1.94. The number of alkyl halides is 1. The molecule has 0 aromatic heterocycles. The number of halogens is 1. The van der Waals surface area contributed by atoms with Crippen molar-refractivity contribution < 1.29 is 0 Å². The third-order valence-electron chi connectivity index (χ3n) is 2.86. The van der Waals surface area contributed by atoms with Gasteiger partial charge in [-0.05, 0) is 49.7 Å². The Morgan fingerprint density at radius 1 is 1.29 bits per heavy atom. The lowest BCUT2D eigenvalue weighted by atomic mass is 10.0. The molecule has 2 rings (SSSR count). The van der Waals surface area contributed by atoms with Crippen molar-refractivity contribution in [1.82, 2.24) is 0 Å². The molecule has 1 aliphatic carbocycles. The second kappa shape index (κ2) is 4.35. The van der Waals surface area contributed by atoms with Crippen molar-refractivity contribution >= 4 is 11.6 Å². The van der Waals surface area contributed by atoms with Gasteiger partial charge in [0.1, 0.15) is 0 Å². The number of hydrogen-bond donors (Lipinski definition) is 0. The normalized spacial score (nSPS) is 18.1. The molecule has 0 N–H and O–H groups in total. The predicted octanol–water partition coefficient (Wildman–Crippen LogP) is 4.12. The van der Waals surface area contributed by atoms with Crippen LogP contribution in [-0.2, 0) is 6.42 Å². The fourth-order valence-electron chi connectivity index (χ4n) is 1.74. The van der Waals surface area contributed by atoms with E-state index in [-0.39, 0.29) is 5.38 Å². The van der Waals surface area contributed by atoms with Gasteiger partial charge in [-0.2, -0.15) is 0 Å². The highest BCUT2D eigenvalue weighted by atomic mass is 35.5. The molecule has 0 bridgehead atoms. The Kier molecular flexibility index (Phi) is 3.12. The minimum Gasteiger partial charge on any atom is -0.123 e. The molecular formula is C13H17Cl. The molecule has 0 nitrogen and oxygen atoms in total. The minimum atomic E-state index is 0.290. The van der Waals surface area contributed by atoms with Gasteiger partial charge in [-0.1, -0.05) is 24.3 Å². The molecule has 14 heavy (non-hydrogen) atoms. The number of aryl methyl sites for hydroxylation is 1. The van der Waals surface area contributed by atoms with Gasteiger partial charge in [-0.15, -0.1) is 11.6 Å². The van der Waals surface area contributed by atoms with Gasteiger partial charge in [0.25, 0.3) is 0 Å². The molecule has 0 amide bonds. The summed E-state index contributed by atoms with van der Waals surface area (Å²) in [5, 5.41) is 0.290. The van der Waals surface area contributed by atoms with Crippen LogP contribution in [0.15, 0.2) is 24.3 Å². The standard InChI is InChI=1S/C13H17Cl/c1-10(14)2-3-11-4-6-12(7-5-11)13-8-9-13/h4-7,10,13H,2-3,8-9H2,1H3. The first kappa shape index (κ1) is 10.0. The smallest absolute Gasteiger partial charge is 0.0311 e. The van der Waals surface area contributed by atoms with Crippen LogP contribution in [0.25, 0.3) is 0 Å². The molecule has 0 aliphatic heterocycles. The lowest BCUT2D eigenvalue weighted by Gasteiger charge is -2.04. The summed E-state index contributed by atoms with van der Waals surface area (Å²) in [6.45, 7) is 2.06. The molecule has 1 unspecified atom stereocenters. The Balaban J connectivity index is 1.92. The maximum atomic E-state index is 5.92. The quantitative estimate of drug-likeness (QED) is 0.653. The van der Waals surface area contributed by atoms with Gasteiger partial charge in [-0.3, -0.25) is 0 Å². The summed E-state index contributed by atoms with van der Waals surface area (Å²) in [6, 6.07) is 9.08. The molecule has 1 aliphatic rings. The molecule has 76 valence electrons. The van der Waals surface area contributed by atoms with Crippen LogP contribution in [0.2, 0.25) is 0 Å². The van der Waals surface area contributed by atoms with E-state index < -0.39 is 0 Å². The highest BCUT2D eigenvalue weighted by Gasteiger charge is 2.22. The minimum absolute atomic E-state index is 0.290. The first-order valence-corrected chi connectivity index (χ1v) is 5.92. The van der Waals surface area contributed by atoms with Crippen LogP contribution in [0, 0.1) is 0 Å². The van der Waals surface area contributed by atoms with Gasteiger partial charge in [-0.25, -0.2) is 0 Å². The summed E-state index contributed by atoms with van der Waals surface area (Å²) in [6.07, 6.45) is 4.95. The summed E-state index contributed by atoms with van der Waals surface area (Å²) in [4.78, 5) is 0. The average Bonchev–Trinajstić information content (AvgIpc) is 2.99. The van der Waals surface area contributed by atoms with Gasteiger partial charge >= 0.3 is 0 Å². The first-order valence-electron chi connectivity index (χ1n) is 5.48. The predicted molar refractivity (Wildman–Crippen MR) is 62.1 cm³/mol. The van der Waals surface area contributed by atoms with E-state index in [1.54, 1.807) is 0 Å². The molecule has 0 spiro atoms. The number of rotatable bonds is 4. The zero-order valence-corrected chi connectivity index (χ0v) is 9.43. The van der Waals surface area contributed by atoms with Gasteiger partial charge in [0.05, 0.1) is 0 Å². The lowest BCUT2D eigenvalue weighted by molar-refractivity contribution is 0.802. The van der Waals surface area contributed by atoms with E-state index in [9.17, 15) is 0 Å². The zero-order chi connectivity index (χ0) is 9.97. The molecule has 1 fully saturated rings. The Labute approximate surface area is 91.3 Å². The van der Waals surface area contributed by atoms with E-state index in [2.05, 4.69) is 31.2 Å². The van der Waals surface area contributed by atoms with Crippen molar-refractivity contribution in [2.45, 2.75) is 43.9 Å². The zero-order valence-electron chi connectivity index (χ0n) is 8.67. The first-order chi connectivity index (χ1) is 6.75. The number of hydrogen-bond acceptors (Lipinski definition) is 0. The van der Waals surface area contributed by atoms with Gasteiger partial charge in [0.2, 0.25) is 0 Å². The molecule has 1 atom stereocenters. The SMILES string of the molecule is CC(Cl)CCc1ccc(C2CC2)cc1. The molecular weight excluding hydrogens is 192 g/mol. The Morgan fingerprint density at radius 2 is 1.93 bits per heavy atom. The van der Waals surface area contributed by atoms with Crippen LogP contribution in [-0.4, -0.2) is 5.38 Å². The second-order valence-electron chi connectivity index (χ2n) is 4.34. The molecule has 1 aromatic carbocycles. The van der Waals surface area contributed by atoms with Crippen LogP contribution < -0.4 is 0 Å². The van der Waals surface area contributed by atoms with Crippen molar-refractivity contribution in [3.05, 3.63) is 35.4 Å². The highest BCUT2D eigenvalue weighted by molar-refractivity contribution is 6.20. The van der Waals surface area contributed by atoms with Crippen molar-refractivity contribution in [2.24, 2.45) is 0 Å². The summed E-state index contributed by atoms with van der Waals surface area (Å²) in [5.74, 6) is 0.871. The second-order valence-corrected chi connectivity index (χ2v) is 5.08.